The van der Waals surface area contributed by atoms with Crippen LogP contribution < -0.4 is 0 Å². The Morgan fingerprint density at radius 3 is 2.81 bits per heavy atom. The fraction of sp³-hybridized carbons (Fsp3) is 0.312. The fourth-order valence-electron chi connectivity index (χ4n) is 2.63. The molecular weight excluding hydrogens is 267 g/mol. The van der Waals surface area contributed by atoms with Crippen LogP contribution in [0.25, 0.3) is 22.4 Å². The smallest absolute Gasteiger partial charge is 0.155 e. The number of rotatable bonds is 2. The van der Waals surface area contributed by atoms with Crippen LogP contribution in [-0.4, -0.2) is 20.2 Å². The number of fused-ring (bicyclic) bond motifs is 1. The molecule has 4 nitrogen and oxygen atoms in total. The number of halogens is 1. The second-order valence-corrected chi connectivity index (χ2v) is 5.78. The van der Waals surface area contributed by atoms with E-state index in [-0.39, 0.29) is 11.7 Å². The summed E-state index contributed by atoms with van der Waals surface area (Å²) in [5.74, 6) is 0.101. The molecule has 0 aromatic carbocycles. The summed E-state index contributed by atoms with van der Waals surface area (Å²) in [6.07, 6.45) is 3.84. The van der Waals surface area contributed by atoms with Crippen molar-refractivity contribution in [1.29, 1.82) is 0 Å². The molecule has 3 heterocycles. The van der Waals surface area contributed by atoms with Crippen molar-refractivity contribution in [2.75, 3.05) is 0 Å². The zero-order chi connectivity index (χ0) is 14.6. The lowest BCUT2D eigenvalue weighted by atomic mass is 10.1. The van der Waals surface area contributed by atoms with Gasteiger partial charge >= 0.3 is 0 Å². The Morgan fingerprint density at radius 1 is 1.24 bits per heavy atom. The predicted octanol–water partition coefficient (Wildman–Crippen LogP) is 3.65. The van der Waals surface area contributed by atoms with E-state index in [1.54, 1.807) is 19.2 Å². The van der Waals surface area contributed by atoms with Gasteiger partial charge < -0.3 is 0 Å². The maximum atomic E-state index is 14.2. The average Bonchev–Trinajstić information content (AvgIpc) is 3.22. The predicted molar refractivity (Wildman–Crippen MR) is 78.5 cm³/mol. The molecule has 3 aromatic rings. The number of pyridine rings is 2. The molecule has 106 valence electrons. The molecule has 5 heteroatoms. The van der Waals surface area contributed by atoms with E-state index in [4.69, 9.17) is 0 Å². The summed E-state index contributed by atoms with van der Waals surface area (Å²) in [7, 11) is 0. The van der Waals surface area contributed by atoms with Crippen LogP contribution in [0.2, 0.25) is 0 Å². The van der Waals surface area contributed by atoms with E-state index in [0.29, 0.717) is 11.3 Å². The molecule has 1 fully saturated rings. The average molecular weight is 282 g/mol. The lowest BCUT2D eigenvalue weighted by Gasteiger charge is -2.07. The van der Waals surface area contributed by atoms with Crippen LogP contribution in [0.1, 0.15) is 35.6 Å². The fourth-order valence-corrected chi connectivity index (χ4v) is 2.63. The van der Waals surface area contributed by atoms with Gasteiger partial charge in [0.05, 0.1) is 11.4 Å². The Bertz CT molecular complexity index is 849. The van der Waals surface area contributed by atoms with Crippen LogP contribution in [0.3, 0.4) is 0 Å². The number of nitrogens with zero attached hydrogens (tertiary/aromatic N) is 3. The van der Waals surface area contributed by atoms with Crippen molar-refractivity contribution < 1.29 is 4.39 Å². The van der Waals surface area contributed by atoms with Crippen LogP contribution in [0, 0.1) is 19.7 Å². The van der Waals surface area contributed by atoms with Crippen molar-refractivity contribution >= 4 is 11.0 Å². The van der Waals surface area contributed by atoms with Gasteiger partial charge in [0.1, 0.15) is 11.5 Å². The van der Waals surface area contributed by atoms with Crippen LogP contribution >= 0.6 is 0 Å². The van der Waals surface area contributed by atoms with Crippen molar-refractivity contribution in [1.82, 2.24) is 20.2 Å². The van der Waals surface area contributed by atoms with Crippen LogP contribution in [0.4, 0.5) is 4.39 Å². The molecule has 0 radical (unpaired) electrons. The molecule has 0 atom stereocenters. The molecule has 0 bridgehead atoms. The van der Waals surface area contributed by atoms with Gasteiger partial charge in [-0.1, -0.05) is 0 Å². The van der Waals surface area contributed by atoms with Gasteiger partial charge in [-0.25, -0.2) is 14.4 Å². The van der Waals surface area contributed by atoms with E-state index in [1.807, 2.05) is 13.0 Å². The Hall–Kier alpha value is -2.30. The van der Waals surface area contributed by atoms with E-state index in [2.05, 4.69) is 20.2 Å². The van der Waals surface area contributed by atoms with Gasteiger partial charge in [0, 0.05) is 17.5 Å². The van der Waals surface area contributed by atoms with E-state index in [1.165, 1.54) is 0 Å². The second-order valence-electron chi connectivity index (χ2n) is 5.78. The van der Waals surface area contributed by atoms with E-state index >= 15 is 0 Å². The highest BCUT2D eigenvalue weighted by Gasteiger charge is 2.29. The summed E-state index contributed by atoms with van der Waals surface area (Å²) in [6, 6.07) is 3.79. The monoisotopic (exact) mass is 282 g/mol. The molecular formula is C16H15FN4. The van der Waals surface area contributed by atoms with E-state index in [9.17, 15) is 4.39 Å². The van der Waals surface area contributed by atoms with Gasteiger partial charge in [0.25, 0.3) is 0 Å². The summed E-state index contributed by atoms with van der Waals surface area (Å²) in [4.78, 5) is 8.85. The molecule has 1 saturated carbocycles. The third-order valence-electron chi connectivity index (χ3n) is 3.93. The first kappa shape index (κ1) is 12.4. The maximum absolute atomic E-state index is 14.2. The van der Waals surface area contributed by atoms with Crippen molar-refractivity contribution in [3.63, 3.8) is 0 Å². The molecule has 21 heavy (non-hydrogen) atoms. The second kappa shape index (κ2) is 4.35. The Morgan fingerprint density at radius 2 is 2.05 bits per heavy atom. The molecule has 0 saturated heterocycles. The number of aromatic nitrogens is 4. The molecule has 0 unspecified atom stereocenters. The molecule has 4 rings (SSSR count). The van der Waals surface area contributed by atoms with Gasteiger partial charge in [0.15, 0.2) is 5.65 Å². The summed E-state index contributed by atoms with van der Waals surface area (Å²) < 4.78 is 14.2. The van der Waals surface area contributed by atoms with Crippen molar-refractivity contribution in [2.45, 2.75) is 32.6 Å². The Kier molecular flexibility index (Phi) is 2.58. The lowest BCUT2D eigenvalue weighted by Crippen LogP contribution is -1.99. The first-order chi connectivity index (χ1) is 10.1. The highest BCUT2D eigenvalue weighted by molar-refractivity contribution is 5.90. The first-order valence-electron chi connectivity index (χ1n) is 7.11. The number of aryl methyl sites for hydroxylation is 2. The SMILES string of the molecule is Cc1cnc2[nH]nc(-c3cc(C)c(F)c(C4CC4)n3)c2c1. The Labute approximate surface area is 121 Å². The zero-order valence-electron chi connectivity index (χ0n) is 11.9. The Balaban J connectivity index is 1.94. The normalized spacial score (nSPS) is 14.8. The van der Waals surface area contributed by atoms with E-state index in [0.717, 1.165) is 40.8 Å². The quantitative estimate of drug-likeness (QED) is 0.780. The van der Waals surface area contributed by atoms with Gasteiger partial charge in [-0.2, -0.15) is 5.10 Å². The van der Waals surface area contributed by atoms with Gasteiger partial charge in [-0.15, -0.1) is 0 Å². The minimum Gasteiger partial charge on any atom is -0.260 e. The minimum atomic E-state index is -0.171. The van der Waals surface area contributed by atoms with Crippen molar-refractivity contribution in [3.8, 4) is 11.4 Å². The maximum Gasteiger partial charge on any atom is 0.155 e. The summed E-state index contributed by atoms with van der Waals surface area (Å²) in [5.41, 5.74) is 4.46. The molecule has 0 amide bonds. The topological polar surface area (TPSA) is 54.5 Å². The molecule has 1 aliphatic carbocycles. The van der Waals surface area contributed by atoms with Crippen LogP contribution in [-0.2, 0) is 0 Å². The highest BCUT2D eigenvalue weighted by Crippen LogP contribution is 2.41. The van der Waals surface area contributed by atoms with Crippen molar-refractivity contribution in [2.24, 2.45) is 0 Å². The third kappa shape index (κ3) is 2.00. The standard InChI is InChI=1S/C16H15FN4/c1-8-5-11-15(20-21-16(11)18-7-8)12-6-9(2)13(17)14(19-12)10-3-4-10/h5-7,10H,3-4H2,1-2H3,(H,18,20,21). The summed E-state index contributed by atoms with van der Waals surface area (Å²) in [5, 5.41) is 8.17. The molecule has 3 aromatic heterocycles. The van der Waals surface area contributed by atoms with Gasteiger partial charge in [-0.05, 0) is 49.9 Å². The van der Waals surface area contributed by atoms with Crippen LogP contribution in [0.15, 0.2) is 18.3 Å². The van der Waals surface area contributed by atoms with Gasteiger partial charge in [-0.3, -0.25) is 5.10 Å². The minimum absolute atomic E-state index is 0.171. The molecule has 0 spiro atoms. The zero-order valence-corrected chi connectivity index (χ0v) is 11.9. The van der Waals surface area contributed by atoms with Gasteiger partial charge in [0.2, 0.25) is 0 Å². The number of H-pyrrole nitrogens is 1. The van der Waals surface area contributed by atoms with Crippen molar-refractivity contribution in [3.05, 3.63) is 41.0 Å². The molecule has 0 aliphatic heterocycles. The third-order valence-corrected chi connectivity index (χ3v) is 3.93. The van der Waals surface area contributed by atoms with Crippen LogP contribution in [0.5, 0.6) is 0 Å². The molecule has 1 N–H and O–H groups in total. The number of hydrogen-bond acceptors (Lipinski definition) is 3. The summed E-state index contributed by atoms with van der Waals surface area (Å²) >= 11 is 0. The van der Waals surface area contributed by atoms with E-state index < -0.39 is 0 Å². The number of aromatic amines is 1. The summed E-state index contributed by atoms with van der Waals surface area (Å²) in [6.45, 7) is 3.77. The largest absolute Gasteiger partial charge is 0.260 e. The molecule has 1 aliphatic rings. The number of hydrogen-bond donors (Lipinski definition) is 1. The highest BCUT2D eigenvalue weighted by atomic mass is 19.1. The first-order valence-corrected chi connectivity index (χ1v) is 7.11. The lowest BCUT2D eigenvalue weighted by molar-refractivity contribution is 0.591. The number of nitrogens with one attached hydrogen (secondary N) is 1.